The van der Waals surface area contributed by atoms with Crippen molar-refractivity contribution in [3.8, 4) is 11.1 Å². The molecule has 248 valence electrons. The molecule has 2 atom stereocenters. The van der Waals surface area contributed by atoms with Crippen LogP contribution >= 0.6 is 23.2 Å². The van der Waals surface area contributed by atoms with Crippen molar-refractivity contribution in [2.45, 2.75) is 42.8 Å². The minimum Gasteiger partial charge on any atom is -0.344 e. The van der Waals surface area contributed by atoms with Crippen molar-refractivity contribution in [2.24, 2.45) is 4.99 Å². The predicted octanol–water partition coefficient (Wildman–Crippen LogP) is 3.85. The van der Waals surface area contributed by atoms with Gasteiger partial charge in [0.1, 0.15) is 17.9 Å². The quantitative estimate of drug-likeness (QED) is 0.305. The van der Waals surface area contributed by atoms with Gasteiger partial charge >= 0.3 is 0 Å². The maximum atomic E-state index is 14.5. The smallest absolute Gasteiger partial charge is 0.261 e. The first-order valence-corrected chi connectivity index (χ1v) is 17.5. The molecule has 0 unspecified atom stereocenters. The van der Waals surface area contributed by atoms with Crippen LogP contribution in [0.25, 0.3) is 11.1 Å². The number of anilines is 2. The summed E-state index contributed by atoms with van der Waals surface area (Å²) in [6, 6.07) is 11.3. The summed E-state index contributed by atoms with van der Waals surface area (Å²) in [6.45, 7) is 3.03. The first-order valence-electron chi connectivity index (χ1n) is 15.3. The molecule has 2 aromatic carbocycles. The van der Waals surface area contributed by atoms with Crippen molar-refractivity contribution < 1.29 is 18.0 Å². The minimum atomic E-state index is -4.34. The summed E-state index contributed by atoms with van der Waals surface area (Å²) in [5, 5.41) is 3.20. The molecular formula is C32H31Cl2N9O4S. The zero-order valence-corrected chi connectivity index (χ0v) is 28.4. The number of aliphatic imine (C=N–C) groups is 1. The van der Waals surface area contributed by atoms with E-state index < -0.39 is 33.4 Å². The summed E-state index contributed by atoms with van der Waals surface area (Å²) in [6.07, 6.45) is 7.07. The molecule has 13 nitrogen and oxygen atoms in total. The van der Waals surface area contributed by atoms with E-state index in [0.29, 0.717) is 47.6 Å². The van der Waals surface area contributed by atoms with Crippen LogP contribution in [-0.4, -0.2) is 87.6 Å². The highest BCUT2D eigenvalue weighted by molar-refractivity contribution is 7.89. The van der Waals surface area contributed by atoms with E-state index in [9.17, 15) is 18.0 Å². The molecular weight excluding hydrogens is 677 g/mol. The predicted molar refractivity (Wildman–Crippen MR) is 181 cm³/mol. The molecule has 4 aromatic rings. The lowest BCUT2D eigenvalue weighted by Crippen LogP contribution is -2.50. The van der Waals surface area contributed by atoms with Crippen molar-refractivity contribution in [1.82, 2.24) is 34.0 Å². The number of amides is 2. The number of nitrogens with one attached hydrogen (secondary N) is 1. The van der Waals surface area contributed by atoms with E-state index in [1.165, 1.54) is 26.3 Å². The number of benzene rings is 2. The van der Waals surface area contributed by atoms with E-state index in [4.69, 9.17) is 23.2 Å². The number of likely N-dealkylation sites (N-methyl/N-ethyl adjacent to an activating group) is 1. The highest BCUT2D eigenvalue weighted by Crippen LogP contribution is 2.45. The lowest BCUT2D eigenvalue weighted by Gasteiger charge is -2.29. The van der Waals surface area contributed by atoms with Crippen molar-refractivity contribution >= 4 is 62.6 Å². The molecule has 0 aliphatic carbocycles. The van der Waals surface area contributed by atoms with Crippen LogP contribution in [0.5, 0.6) is 0 Å². The third kappa shape index (κ3) is 5.51. The normalized spacial score (nSPS) is 21.1. The van der Waals surface area contributed by atoms with Crippen LogP contribution in [0.2, 0.25) is 10.0 Å². The monoisotopic (exact) mass is 707 g/mol. The van der Waals surface area contributed by atoms with Gasteiger partial charge in [0.25, 0.3) is 15.9 Å². The maximum Gasteiger partial charge on any atom is 0.261 e. The van der Waals surface area contributed by atoms with Crippen molar-refractivity contribution in [3.05, 3.63) is 83.0 Å². The van der Waals surface area contributed by atoms with Crippen LogP contribution in [-0.2, 0) is 31.6 Å². The molecule has 1 fully saturated rings. The molecule has 2 aromatic heterocycles. The van der Waals surface area contributed by atoms with Crippen LogP contribution in [0.1, 0.15) is 25.3 Å². The number of halogens is 2. The Balaban J connectivity index is 1.29. The second-order valence-corrected chi connectivity index (χ2v) is 14.9. The van der Waals surface area contributed by atoms with Crippen LogP contribution in [0, 0.1) is 0 Å². The van der Waals surface area contributed by atoms with Gasteiger partial charge in [-0.25, -0.2) is 28.3 Å². The largest absolute Gasteiger partial charge is 0.344 e. The summed E-state index contributed by atoms with van der Waals surface area (Å²) >= 11 is 12.7. The molecule has 5 heterocycles. The number of hydrogen-bond acceptors (Lipinski definition) is 9. The lowest BCUT2D eigenvalue weighted by atomic mass is 9.91. The Hall–Kier alpha value is -4.37. The van der Waals surface area contributed by atoms with Crippen molar-refractivity contribution in [3.63, 3.8) is 0 Å². The zero-order chi connectivity index (χ0) is 33.8. The number of sulfonamides is 1. The Bertz CT molecular complexity index is 2040. The number of fused-ring (bicyclic) bond motifs is 1. The fourth-order valence-corrected chi connectivity index (χ4v) is 8.91. The number of carbonyl (C=O) groups excluding carboxylic acids is 2. The number of nitrogens with zero attached hydrogens (tertiary/aromatic N) is 8. The number of guanidine groups is 1. The molecule has 0 spiro atoms. The molecule has 48 heavy (non-hydrogen) atoms. The summed E-state index contributed by atoms with van der Waals surface area (Å²) in [4.78, 5) is 48.1. The van der Waals surface area contributed by atoms with E-state index in [2.05, 4.69) is 25.3 Å². The van der Waals surface area contributed by atoms with Gasteiger partial charge in [0, 0.05) is 54.6 Å². The Morgan fingerprint density at radius 3 is 2.40 bits per heavy atom. The summed E-state index contributed by atoms with van der Waals surface area (Å²) in [7, 11) is -2.53. The first kappa shape index (κ1) is 32.2. The molecule has 7 rings (SSSR count). The Labute approximate surface area is 287 Å². The van der Waals surface area contributed by atoms with E-state index in [1.54, 1.807) is 37.5 Å². The topological polar surface area (TPSA) is 146 Å². The van der Waals surface area contributed by atoms with Gasteiger partial charge < -0.3 is 4.90 Å². The molecule has 0 saturated carbocycles. The fourth-order valence-electron chi connectivity index (χ4n) is 6.55. The van der Waals surface area contributed by atoms with Crippen LogP contribution < -0.4 is 10.2 Å². The third-order valence-corrected chi connectivity index (χ3v) is 11.3. The first-order chi connectivity index (χ1) is 23.0. The second kappa shape index (κ2) is 12.3. The molecule has 0 radical (unpaired) electrons. The summed E-state index contributed by atoms with van der Waals surface area (Å²) < 4.78 is 31.7. The number of carbonyl (C=O) groups is 2. The Morgan fingerprint density at radius 2 is 1.73 bits per heavy atom. The summed E-state index contributed by atoms with van der Waals surface area (Å²) in [5.74, 6) is -0.365. The molecule has 1 N–H and O–H groups in total. The summed E-state index contributed by atoms with van der Waals surface area (Å²) in [5.41, 5.74) is 1.39. The SMILES string of the molecule is CN1CCN=C1NC(=O)[C@@H]1CCCN1S(=O)(=O)c1cnc2n1[C@](C)(Cc1ccc(-c3cncnc3)cc1)C(=O)N2c1cc(Cl)cc(Cl)c1. The van der Waals surface area contributed by atoms with Gasteiger partial charge in [-0.2, -0.15) is 4.31 Å². The Kier molecular flexibility index (Phi) is 8.22. The number of rotatable bonds is 7. The van der Waals surface area contributed by atoms with Crippen molar-refractivity contribution in [1.29, 1.82) is 0 Å². The standard InChI is InChI=1S/C32H31Cl2N9O4S/c1-32(15-20-5-7-21(8-6-20)22-16-35-19-36-17-22)29(45)42(25-13-23(33)12-24(34)14-25)31-38-18-27(43(31)32)48(46,47)41-10-3-4-26(41)28(44)39-30-37-9-11-40(30)2/h5-8,12-14,16-19,26H,3-4,9-11,15H2,1-2H3,(H,37,39,44)/t26-,32+/m0/s1. The molecule has 3 aliphatic heterocycles. The van der Waals surface area contributed by atoms with E-state index in [0.717, 1.165) is 16.7 Å². The molecule has 16 heteroatoms. The number of aromatic nitrogens is 4. The van der Waals surface area contributed by atoms with E-state index in [1.807, 2.05) is 36.2 Å². The third-order valence-electron chi connectivity index (χ3n) is 8.94. The fraction of sp³-hybridized carbons (Fsp3) is 0.312. The van der Waals surface area contributed by atoms with Crippen LogP contribution in [0.3, 0.4) is 0 Å². The molecule has 0 bridgehead atoms. The highest BCUT2D eigenvalue weighted by atomic mass is 35.5. The lowest BCUT2D eigenvalue weighted by molar-refractivity contribution is -0.124. The zero-order valence-electron chi connectivity index (χ0n) is 26.0. The van der Waals surface area contributed by atoms with Gasteiger partial charge in [0.2, 0.25) is 17.8 Å². The molecule has 3 aliphatic rings. The van der Waals surface area contributed by atoms with Crippen LogP contribution in [0.4, 0.5) is 11.6 Å². The molecule has 1 saturated heterocycles. The maximum absolute atomic E-state index is 14.5. The second-order valence-electron chi connectivity index (χ2n) is 12.2. The van der Waals surface area contributed by atoms with Crippen LogP contribution in [0.15, 0.2) is 77.4 Å². The van der Waals surface area contributed by atoms with Gasteiger partial charge in [-0.05, 0) is 49.1 Å². The number of hydrogen-bond donors (Lipinski definition) is 1. The van der Waals surface area contributed by atoms with E-state index in [-0.39, 0.29) is 23.9 Å². The average Bonchev–Trinajstić information content (AvgIpc) is 3.85. The molecule has 2 amide bonds. The van der Waals surface area contributed by atoms with Gasteiger partial charge in [-0.15, -0.1) is 0 Å². The average molecular weight is 709 g/mol. The van der Waals surface area contributed by atoms with Crippen molar-refractivity contribution in [2.75, 3.05) is 31.6 Å². The number of imidazole rings is 1. The van der Waals surface area contributed by atoms with Gasteiger partial charge in [-0.3, -0.25) is 24.5 Å². The van der Waals surface area contributed by atoms with Gasteiger partial charge in [0.05, 0.1) is 18.4 Å². The highest BCUT2D eigenvalue weighted by Gasteiger charge is 2.53. The minimum absolute atomic E-state index is 0.0968. The van der Waals surface area contributed by atoms with E-state index >= 15 is 0 Å². The van der Waals surface area contributed by atoms with Gasteiger partial charge in [-0.1, -0.05) is 47.5 Å². The Morgan fingerprint density at radius 1 is 1.02 bits per heavy atom. The van der Waals surface area contributed by atoms with Gasteiger partial charge in [0.15, 0.2) is 5.03 Å².